The molecule has 0 atom stereocenters. The molecule has 5 nitrogen and oxygen atoms in total. The second-order valence-electron chi connectivity index (χ2n) is 2.88. The molecule has 0 amide bonds. The predicted octanol–water partition coefficient (Wildman–Crippen LogP) is 0.205. The van der Waals surface area contributed by atoms with E-state index in [4.69, 9.17) is 0 Å². The first-order valence-corrected chi connectivity index (χ1v) is 5.53. The van der Waals surface area contributed by atoms with Crippen LogP contribution in [0.5, 0.6) is 0 Å². The van der Waals surface area contributed by atoms with Crippen LogP contribution in [0.2, 0.25) is 0 Å². The highest BCUT2D eigenvalue weighted by Crippen LogP contribution is 2.07. The van der Waals surface area contributed by atoms with Crippen LogP contribution in [0.4, 0.5) is 0 Å². The van der Waals surface area contributed by atoms with Gasteiger partial charge in [-0.15, -0.1) is 0 Å². The second kappa shape index (κ2) is 3.47. The maximum atomic E-state index is 10.7. The third kappa shape index (κ3) is 3.16. The highest BCUT2D eigenvalue weighted by atomic mass is 32.2. The van der Waals surface area contributed by atoms with Crippen LogP contribution in [0.25, 0.3) is 0 Å². The van der Waals surface area contributed by atoms with Gasteiger partial charge < -0.3 is 0 Å². The molecule has 0 aromatic carbocycles. The van der Waals surface area contributed by atoms with Crippen molar-refractivity contribution in [3.8, 4) is 0 Å². The molecule has 0 aliphatic heterocycles. The molecule has 0 fully saturated rings. The highest BCUT2D eigenvalue weighted by Gasteiger charge is 2.07. The summed E-state index contributed by atoms with van der Waals surface area (Å²) < 4.78 is 27.6. The Morgan fingerprint density at radius 3 is 2.62 bits per heavy atom. The van der Waals surface area contributed by atoms with Crippen LogP contribution in [0.1, 0.15) is 11.3 Å². The summed E-state index contributed by atoms with van der Waals surface area (Å²) in [5, 5.41) is 4.05. The van der Waals surface area contributed by atoms with E-state index in [1.807, 2.05) is 0 Å². The van der Waals surface area contributed by atoms with Gasteiger partial charge in [-0.1, -0.05) is 0 Å². The Balaban J connectivity index is 2.70. The van der Waals surface area contributed by atoms with Crippen molar-refractivity contribution in [3.63, 3.8) is 0 Å². The number of aryl methyl sites for hydroxylation is 2. The molecular formula is C7H12N2O3S. The minimum Gasteiger partial charge on any atom is -0.275 e. The van der Waals surface area contributed by atoms with Gasteiger partial charge in [-0.2, -0.15) is 13.5 Å². The molecule has 1 rings (SSSR count). The van der Waals surface area contributed by atoms with Crippen LogP contribution in [0.15, 0.2) is 6.20 Å². The fourth-order valence-electron chi connectivity index (χ4n) is 0.961. The van der Waals surface area contributed by atoms with E-state index in [2.05, 4.69) is 9.28 Å². The molecule has 0 unspecified atom stereocenters. The Bertz CT molecular complexity index is 394. The average molecular weight is 204 g/mol. The summed E-state index contributed by atoms with van der Waals surface area (Å²) in [6, 6.07) is 0. The van der Waals surface area contributed by atoms with Crippen molar-refractivity contribution in [2.45, 2.75) is 13.5 Å². The van der Waals surface area contributed by atoms with Gasteiger partial charge in [0.15, 0.2) is 0 Å². The zero-order valence-corrected chi connectivity index (χ0v) is 8.63. The molecule has 0 aliphatic rings. The van der Waals surface area contributed by atoms with E-state index in [0.29, 0.717) is 0 Å². The van der Waals surface area contributed by atoms with Gasteiger partial charge in [0, 0.05) is 18.8 Å². The zero-order chi connectivity index (χ0) is 10.1. The average Bonchev–Trinajstić information content (AvgIpc) is 2.24. The van der Waals surface area contributed by atoms with E-state index < -0.39 is 10.1 Å². The summed E-state index contributed by atoms with van der Waals surface area (Å²) in [4.78, 5) is 0. The minimum absolute atomic E-state index is 0.0541. The van der Waals surface area contributed by atoms with Crippen LogP contribution >= 0.6 is 0 Å². The normalized spacial score (nSPS) is 11.9. The van der Waals surface area contributed by atoms with Gasteiger partial charge in [0.25, 0.3) is 10.1 Å². The Morgan fingerprint density at radius 2 is 2.23 bits per heavy atom. The largest absolute Gasteiger partial charge is 0.275 e. The van der Waals surface area contributed by atoms with Crippen molar-refractivity contribution in [1.82, 2.24) is 9.78 Å². The van der Waals surface area contributed by atoms with Crippen molar-refractivity contribution in [2.75, 3.05) is 6.26 Å². The van der Waals surface area contributed by atoms with Crippen molar-refractivity contribution in [2.24, 2.45) is 7.05 Å². The van der Waals surface area contributed by atoms with E-state index in [1.165, 1.54) is 0 Å². The lowest BCUT2D eigenvalue weighted by atomic mass is 10.3. The Morgan fingerprint density at radius 1 is 1.62 bits per heavy atom. The first kappa shape index (κ1) is 10.2. The molecule has 0 bridgehead atoms. The van der Waals surface area contributed by atoms with Crippen molar-refractivity contribution < 1.29 is 12.6 Å². The lowest BCUT2D eigenvalue weighted by Gasteiger charge is -1.98. The van der Waals surface area contributed by atoms with Gasteiger partial charge in [0.2, 0.25) is 0 Å². The smallest absolute Gasteiger partial charge is 0.264 e. The van der Waals surface area contributed by atoms with Crippen molar-refractivity contribution in [1.29, 1.82) is 0 Å². The van der Waals surface area contributed by atoms with Crippen LogP contribution in [0, 0.1) is 6.92 Å². The number of hydrogen-bond acceptors (Lipinski definition) is 4. The fourth-order valence-corrected chi connectivity index (χ4v) is 1.30. The van der Waals surface area contributed by atoms with Gasteiger partial charge in [-0.3, -0.25) is 8.86 Å². The molecule has 0 saturated carbocycles. The van der Waals surface area contributed by atoms with E-state index in [9.17, 15) is 8.42 Å². The molecule has 1 aromatic heterocycles. The summed E-state index contributed by atoms with van der Waals surface area (Å²) in [5.41, 5.74) is 1.57. The number of nitrogens with zero attached hydrogens (tertiary/aromatic N) is 2. The number of hydrogen-bond donors (Lipinski definition) is 0. The van der Waals surface area contributed by atoms with Gasteiger partial charge in [0.1, 0.15) is 0 Å². The first-order valence-electron chi connectivity index (χ1n) is 3.72. The van der Waals surface area contributed by atoms with Crippen molar-refractivity contribution >= 4 is 10.1 Å². The first-order chi connectivity index (χ1) is 5.88. The van der Waals surface area contributed by atoms with Crippen LogP contribution < -0.4 is 0 Å². The van der Waals surface area contributed by atoms with E-state index in [1.54, 1.807) is 24.9 Å². The Labute approximate surface area is 77.4 Å². The maximum Gasteiger partial charge on any atom is 0.264 e. The molecule has 0 radical (unpaired) electrons. The summed E-state index contributed by atoms with van der Waals surface area (Å²) in [5.74, 6) is 0. The Kier molecular flexibility index (Phi) is 2.72. The topological polar surface area (TPSA) is 61.2 Å². The fraction of sp³-hybridized carbons (Fsp3) is 0.571. The minimum atomic E-state index is -3.37. The summed E-state index contributed by atoms with van der Waals surface area (Å²) in [6.07, 6.45) is 2.76. The Hall–Kier alpha value is -0.880. The van der Waals surface area contributed by atoms with Crippen molar-refractivity contribution in [3.05, 3.63) is 17.5 Å². The lowest BCUT2D eigenvalue weighted by Crippen LogP contribution is -2.02. The molecule has 0 spiro atoms. The van der Waals surface area contributed by atoms with E-state index in [0.717, 1.165) is 17.5 Å². The molecule has 1 aromatic rings. The van der Waals surface area contributed by atoms with Crippen LogP contribution in [-0.4, -0.2) is 24.5 Å². The number of rotatable bonds is 3. The lowest BCUT2D eigenvalue weighted by molar-refractivity contribution is 0.311. The van der Waals surface area contributed by atoms with E-state index in [-0.39, 0.29) is 6.61 Å². The zero-order valence-electron chi connectivity index (χ0n) is 7.81. The molecule has 6 heteroatoms. The summed E-state index contributed by atoms with van der Waals surface area (Å²) >= 11 is 0. The van der Waals surface area contributed by atoms with Gasteiger partial charge in [-0.25, -0.2) is 0 Å². The number of aromatic nitrogens is 2. The molecule has 74 valence electrons. The van der Waals surface area contributed by atoms with Crippen LogP contribution in [0.3, 0.4) is 0 Å². The molecule has 0 N–H and O–H groups in total. The maximum absolute atomic E-state index is 10.7. The SMILES string of the molecule is Cc1nn(C)cc1COS(C)(=O)=O. The molecular weight excluding hydrogens is 192 g/mol. The predicted molar refractivity (Wildman–Crippen MR) is 47.6 cm³/mol. The van der Waals surface area contributed by atoms with Crippen LogP contribution in [-0.2, 0) is 28.0 Å². The summed E-state index contributed by atoms with van der Waals surface area (Å²) in [6.45, 7) is 1.86. The molecule has 1 heterocycles. The molecule has 0 aliphatic carbocycles. The highest BCUT2D eigenvalue weighted by molar-refractivity contribution is 7.85. The van der Waals surface area contributed by atoms with Gasteiger partial charge in [-0.05, 0) is 6.92 Å². The third-order valence-electron chi connectivity index (χ3n) is 1.54. The standard InChI is InChI=1S/C7H12N2O3S/c1-6-7(4-9(2)8-6)5-12-13(3,10)11/h4H,5H2,1-3H3. The quantitative estimate of drug-likeness (QED) is 0.660. The molecule has 0 saturated heterocycles. The van der Waals surface area contributed by atoms with Gasteiger partial charge in [0.05, 0.1) is 18.6 Å². The second-order valence-corrected chi connectivity index (χ2v) is 4.52. The third-order valence-corrected chi connectivity index (χ3v) is 2.09. The van der Waals surface area contributed by atoms with Gasteiger partial charge >= 0.3 is 0 Å². The monoisotopic (exact) mass is 204 g/mol. The summed E-state index contributed by atoms with van der Waals surface area (Å²) in [7, 11) is -1.59. The van der Waals surface area contributed by atoms with E-state index >= 15 is 0 Å². The molecule has 13 heavy (non-hydrogen) atoms.